The van der Waals surface area contributed by atoms with Crippen molar-refractivity contribution in [3.8, 4) is 0 Å². The summed E-state index contributed by atoms with van der Waals surface area (Å²) in [7, 11) is 1.55. The number of anilines is 1. The molecule has 1 rings (SSSR count). The molecule has 0 aliphatic heterocycles. The summed E-state index contributed by atoms with van der Waals surface area (Å²) in [6, 6.07) is 6.90. The first-order chi connectivity index (χ1) is 9.52. The smallest absolute Gasteiger partial charge is 0.310 e. The van der Waals surface area contributed by atoms with E-state index in [9.17, 15) is 9.59 Å². The summed E-state index contributed by atoms with van der Waals surface area (Å²) in [4.78, 5) is 23.1. The lowest BCUT2D eigenvalue weighted by Crippen LogP contribution is -2.38. The monoisotopic (exact) mass is 280 g/mol. The van der Waals surface area contributed by atoms with E-state index >= 15 is 0 Å². The van der Waals surface area contributed by atoms with Crippen LogP contribution in [0.25, 0.3) is 0 Å². The molecule has 0 saturated carbocycles. The van der Waals surface area contributed by atoms with Gasteiger partial charge >= 0.3 is 5.97 Å². The zero-order valence-corrected chi connectivity index (χ0v) is 11.7. The van der Waals surface area contributed by atoms with Crippen LogP contribution in [-0.2, 0) is 25.5 Å². The molecule has 1 aromatic carbocycles. The topological polar surface area (TPSA) is 90.6 Å². The fraction of sp³-hybridized carbons (Fsp3) is 0.429. The Morgan fingerprint density at radius 3 is 2.70 bits per heavy atom. The number of amides is 1. The molecule has 3 N–H and O–H groups in total. The standard InChI is InChI=1S/C14H20N2O4/c1-10(8-19-2)16-13(17)9-20-14(18)7-11-5-3-4-6-12(11)15/h3-6,10H,7-9,15H2,1-2H3,(H,16,17). The van der Waals surface area contributed by atoms with Crippen LogP contribution in [0.1, 0.15) is 12.5 Å². The van der Waals surface area contributed by atoms with Gasteiger partial charge in [-0.3, -0.25) is 9.59 Å². The molecular formula is C14H20N2O4. The van der Waals surface area contributed by atoms with Crippen LogP contribution >= 0.6 is 0 Å². The minimum absolute atomic E-state index is 0.0492. The van der Waals surface area contributed by atoms with E-state index in [-0.39, 0.29) is 25.0 Å². The van der Waals surface area contributed by atoms with E-state index in [0.29, 0.717) is 17.9 Å². The average Bonchev–Trinajstić information content (AvgIpc) is 2.39. The molecule has 0 radical (unpaired) electrons. The lowest BCUT2D eigenvalue weighted by molar-refractivity contribution is -0.148. The number of esters is 1. The van der Waals surface area contributed by atoms with Crippen molar-refractivity contribution in [3.63, 3.8) is 0 Å². The van der Waals surface area contributed by atoms with Gasteiger partial charge in [-0.25, -0.2) is 0 Å². The lowest BCUT2D eigenvalue weighted by atomic mass is 10.1. The van der Waals surface area contributed by atoms with Crippen molar-refractivity contribution in [2.45, 2.75) is 19.4 Å². The lowest BCUT2D eigenvalue weighted by Gasteiger charge is -2.12. The van der Waals surface area contributed by atoms with E-state index in [4.69, 9.17) is 15.2 Å². The molecule has 0 heterocycles. The molecule has 0 aromatic heterocycles. The van der Waals surface area contributed by atoms with E-state index in [1.54, 1.807) is 38.3 Å². The number of hydrogen-bond acceptors (Lipinski definition) is 5. The van der Waals surface area contributed by atoms with Crippen LogP contribution < -0.4 is 11.1 Å². The fourth-order valence-corrected chi connectivity index (χ4v) is 1.66. The van der Waals surface area contributed by atoms with Crippen molar-refractivity contribution >= 4 is 17.6 Å². The van der Waals surface area contributed by atoms with Crippen LogP contribution in [0.15, 0.2) is 24.3 Å². The predicted octanol–water partition coefficient (Wildman–Crippen LogP) is 0.506. The van der Waals surface area contributed by atoms with Crippen molar-refractivity contribution in [2.75, 3.05) is 26.1 Å². The predicted molar refractivity (Wildman–Crippen MR) is 75.0 cm³/mol. The summed E-state index contributed by atoms with van der Waals surface area (Å²) in [6.07, 6.45) is 0.0492. The number of carbonyl (C=O) groups excluding carboxylic acids is 2. The molecular weight excluding hydrogens is 260 g/mol. The summed E-state index contributed by atoms with van der Waals surface area (Å²) in [5.41, 5.74) is 6.94. The minimum Gasteiger partial charge on any atom is -0.455 e. The molecule has 0 spiro atoms. The maximum absolute atomic E-state index is 11.6. The largest absolute Gasteiger partial charge is 0.455 e. The van der Waals surface area contributed by atoms with Gasteiger partial charge in [0.1, 0.15) is 0 Å². The average molecular weight is 280 g/mol. The third-order valence-corrected chi connectivity index (χ3v) is 2.58. The number of carbonyl (C=O) groups is 2. The molecule has 0 fully saturated rings. The van der Waals surface area contributed by atoms with Crippen LogP contribution in [0.3, 0.4) is 0 Å². The molecule has 110 valence electrons. The molecule has 0 saturated heterocycles. The second-order valence-corrected chi connectivity index (χ2v) is 4.46. The SMILES string of the molecule is COCC(C)NC(=O)COC(=O)Cc1ccccc1N. The van der Waals surface area contributed by atoms with Crippen LogP contribution in [0.4, 0.5) is 5.69 Å². The van der Waals surface area contributed by atoms with Gasteiger partial charge in [0.15, 0.2) is 6.61 Å². The van der Waals surface area contributed by atoms with Gasteiger partial charge in [-0.1, -0.05) is 18.2 Å². The molecule has 6 heteroatoms. The van der Waals surface area contributed by atoms with Gasteiger partial charge in [0, 0.05) is 18.8 Å². The number of benzene rings is 1. The van der Waals surface area contributed by atoms with E-state index in [1.165, 1.54) is 0 Å². The highest BCUT2D eigenvalue weighted by atomic mass is 16.5. The quantitative estimate of drug-likeness (QED) is 0.561. The summed E-state index contributed by atoms with van der Waals surface area (Å²) < 4.78 is 9.78. The zero-order chi connectivity index (χ0) is 15.0. The Morgan fingerprint density at radius 2 is 2.05 bits per heavy atom. The molecule has 1 atom stereocenters. The molecule has 0 aliphatic rings. The minimum atomic E-state index is -0.488. The van der Waals surface area contributed by atoms with Gasteiger partial charge < -0.3 is 20.5 Å². The number of nitrogen functional groups attached to an aromatic ring is 1. The van der Waals surface area contributed by atoms with Crippen LogP contribution in [0.2, 0.25) is 0 Å². The van der Waals surface area contributed by atoms with Crippen molar-refractivity contribution in [1.29, 1.82) is 0 Å². The van der Waals surface area contributed by atoms with Crippen molar-refractivity contribution < 1.29 is 19.1 Å². The van der Waals surface area contributed by atoms with Crippen molar-refractivity contribution in [3.05, 3.63) is 29.8 Å². The number of methoxy groups -OCH3 is 1. The second-order valence-electron chi connectivity index (χ2n) is 4.46. The van der Waals surface area contributed by atoms with Gasteiger partial charge in [0.05, 0.1) is 13.0 Å². The maximum Gasteiger partial charge on any atom is 0.310 e. The molecule has 1 unspecified atom stereocenters. The Kier molecular flexibility index (Phi) is 6.52. The number of rotatable bonds is 7. The van der Waals surface area contributed by atoms with Crippen molar-refractivity contribution in [2.24, 2.45) is 0 Å². The first kappa shape index (κ1) is 16.0. The normalized spacial score (nSPS) is 11.7. The number of nitrogens with one attached hydrogen (secondary N) is 1. The molecule has 0 bridgehead atoms. The van der Waals surface area contributed by atoms with Crippen LogP contribution in [0, 0.1) is 0 Å². The summed E-state index contributed by atoms with van der Waals surface area (Å²) in [5.74, 6) is -0.846. The van der Waals surface area contributed by atoms with Gasteiger partial charge in [0.2, 0.25) is 0 Å². The van der Waals surface area contributed by atoms with E-state index < -0.39 is 5.97 Å². The van der Waals surface area contributed by atoms with Crippen molar-refractivity contribution in [1.82, 2.24) is 5.32 Å². The van der Waals surface area contributed by atoms with Gasteiger partial charge in [0.25, 0.3) is 5.91 Å². The molecule has 20 heavy (non-hydrogen) atoms. The Balaban J connectivity index is 2.33. The highest BCUT2D eigenvalue weighted by Gasteiger charge is 2.11. The molecule has 0 aliphatic carbocycles. The molecule has 1 amide bonds. The molecule has 6 nitrogen and oxygen atoms in total. The second kappa shape index (κ2) is 8.16. The maximum atomic E-state index is 11.6. The highest BCUT2D eigenvalue weighted by molar-refractivity contribution is 5.81. The fourth-order valence-electron chi connectivity index (χ4n) is 1.66. The zero-order valence-electron chi connectivity index (χ0n) is 11.7. The van der Waals surface area contributed by atoms with Crippen LogP contribution in [-0.4, -0.2) is 38.2 Å². The Bertz CT molecular complexity index is 462. The van der Waals surface area contributed by atoms with E-state index in [2.05, 4.69) is 5.32 Å². The number of ether oxygens (including phenoxy) is 2. The summed E-state index contributed by atoms with van der Waals surface area (Å²) in [5, 5.41) is 2.65. The Labute approximate surface area is 118 Å². The number of para-hydroxylation sites is 1. The van der Waals surface area contributed by atoms with E-state index in [1.807, 2.05) is 0 Å². The first-order valence-corrected chi connectivity index (χ1v) is 6.30. The number of hydrogen-bond donors (Lipinski definition) is 2. The first-order valence-electron chi connectivity index (χ1n) is 6.30. The third kappa shape index (κ3) is 5.71. The van der Waals surface area contributed by atoms with Gasteiger partial charge in [-0.05, 0) is 18.6 Å². The molecule has 1 aromatic rings. The van der Waals surface area contributed by atoms with Gasteiger partial charge in [-0.2, -0.15) is 0 Å². The number of nitrogens with two attached hydrogens (primary N) is 1. The van der Waals surface area contributed by atoms with Gasteiger partial charge in [-0.15, -0.1) is 0 Å². The summed E-state index contributed by atoms with van der Waals surface area (Å²) in [6.45, 7) is 1.90. The Morgan fingerprint density at radius 1 is 1.35 bits per heavy atom. The highest BCUT2D eigenvalue weighted by Crippen LogP contribution is 2.11. The Hall–Kier alpha value is -2.08. The van der Waals surface area contributed by atoms with E-state index in [0.717, 1.165) is 0 Å². The third-order valence-electron chi connectivity index (χ3n) is 2.58. The van der Waals surface area contributed by atoms with Crippen LogP contribution in [0.5, 0.6) is 0 Å². The summed E-state index contributed by atoms with van der Waals surface area (Å²) >= 11 is 0.